The first kappa shape index (κ1) is 11.2. The number of carbonyl (C=O) groups excluding carboxylic acids is 1. The van der Waals surface area contributed by atoms with Gasteiger partial charge < -0.3 is 0 Å². The number of benzene rings is 1. The summed E-state index contributed by atoms with van der Waals surface area (Å²) in [6.45, 7) is 1.42. The Kier molecular flexibility index (Phi) is 3.68. The standard InChI is InChI=1S/C10H7BrClNO/c1-6(14)10(12)8-4-7(5-13)2-3-9(8)11/h2-4,10H,1H3. The summed E-state index contributed by atoms with van der Waals surface area (Å²) in [4.78, 5) is 11.1. The molecule has 14 heavy (non-hydrogen) atoms. The second kappa shape index (κ2) is 4.59. The molecule has 1 aromatic rings. The molecule has 0 aromatic heterocycles. The highest BCUT2D eigenvalue weighted by Crippen LogP contribution is 2.29. The smallest absolute Gasteiger partial charge is 0.152 e. The van der Waals surface area contributed by atoms with Crippen molar-refractivity contribution in [2.45, 2.75) is 12.3 Å². The molecule has 0 aliphatic rings. The maximum absolute atomic E-state index is 11.1. The summed E-state index contributed by atoms with van der Waals surface area (Å²) in [6.07, 6.45) is 0. The van der Waals surface area contributed by atoms with E-state index in [2.05, 4.69) is 15.9 Å². The largest absolute Gasteiger partial charge is 0.298 e. The lowest BCUT2D eigenvalue weighted by atomic mass is 10.1. The molecule has 0 heterocycles. The van der Waals surface area contributed by atoms with E-state index in [1.165, 1.54) is 6.92 Å². The molecule has 0 saturated heterocycles. The van der Waals surface area contributed by atoms with Crippen LogP contribution >= 0.6 is 27.5 Å². The maximum atomic E-state index is 11.1. The van der Waals surface area contributed by atoms with Crippen LogP contribution in [0.1, 0.15) is 23.4 Å². The lowest BCUT2D eigenvalue weighted by Crippen LogP contribution is -2.02. The van der Waals surface area contributed by atoms with Gasteiger partial charge in [0.15, 0.2) is 5.78 Å². The van der Waals surface area contributed by atoms with Crippen LogP contribution in [0.25, 0.3) is 0 Å². The Labute approximate surface area is 95.6 Å². The molecule has 1 rings (SSSR count). The molecule has 0 fully saturated rings. The number of rotatable bonds is 2. The molecule has 0 spiro atoms. The molecule has 0 aliphatic carbocycles. The van der Waals surface area contributed by atoms with E-state index in [1.54, 1.807) is 18.2 Å². The third kappa shape index (κ3) is 2.34. The predicted octanol–water partition coefficient (Wildman–Crippen LogP) is 3.19. The SMILES string of the molecule is CC(=O)C(Cl)c1cc(C#N)ccc1Br. The Morgan fingerprint density at radius 3 is 2.79 bits per heavy atom. The molecule has 72 valence electrons. The normalized spacial score (nSPS) is 11.9. The third-order valence-corrected chi connectivity index (χ3v) is 3.02. The summed E-state index contributed by atoms with van der Waals surface area (Å²) < 4.78 is 0.742. The van der Waals surface area contributed by atoms with Crippen molar-refractivity contribution >= 4 is 33.3 Å². The van der Waals surface area contributed by atoms with Crippen molar-refractivity contribution in [3.05, 3.63) is 33.8 Å². The Bertz CT molecular complexity index is 411. The van der Waals surface area contributed by atoms with E-state index in [9.17, 15) is 4.79 Å². The molecular formula is C10H7BrClNO. The highest BCUT2D eigenvalue weighted by Gasteiger charge is 2.16. The van der Waals surface area contributed by atoms with Crippen LogP contribution in [0.2, 0.25) is 0 Å². The van der Waals surface area contributed by atoms with Crippen LogP contribution in [0.15, 0.2) is 22.7 Å². The van der Waals surface area contributed by atoms with Crippen LogP contribution in [0.4, 0.5) is 0 Å². The van der Waals surface area contributed by atoms with Crippen molar-refractivity contribution < 1.29 is 4.79 Å². The number of ketones is 1. The minimum absolute atomic E-state index is 0.137. The molecule has 1 unspecified atom stereocenters. The first-order chi connectivity index (χ1) is 6.56. The molecule has 2 nitrogen and oxygen atoms in total. The van der Waals surface area contributed by atoms with Crippen molar-refractivity contribution in [2.24, 2.45) is 0 Å². The Hall–Kier alpha value is -0.850. The van der Waals surface area contributed by atoms with Gasteiger partial charge in [-0.3, -0.25) is 4.79 Å². The van der Waals surface area contributed by atoms with Gasteiger partial charge in [0.1, 0.15) is 5.38 Å². The molecule has 1 atom stereocenters. The molecule has 0 bridgehead atoms. The third-order valence-electron chi connectivity index (χ3n) is 1.76. The van der Waals surface area contributed by atoms with Gasteiger partial charge in [-0.2, -0.15) is 5.26 Å². The van der Waals surface area contributed by atoms with E-state index in [0.717, 1.165) is 4.47 Å². The molecule has 0 radical (unpaired) electrons. The van der Waals surface area contributed by atoms with Crippen LogP contribution in [-0.2, 0) is 4.79 Å². The number of nitriles is 1. The van der Waals surface area contributed by atoms with Gasteiger partial charge in [-0.25, -0.2) is 0 Å². The Balaban J connectivity index is 3.20. The quantitative estimate of drug-likeness (QED) is 0.776. The predicted molar refractivity (Wildman–Crippen MR) is 58.1 cm³/mol. The van der Waals surface area contributed by atoms with Crippen molar-refractivity contribution in [3.63, 3.8) is 0 Å². The second-order valence-electron chi connectivity index (χ2n) is 2.82. The average molecular weight is 273 g/mol. The van der Waals surface area contributed by atoms with Gasteiger partial charge in [0, 0.05) is 4.47 Å². The van der Waals surface area contributed by atoms with Crippen molar-refractivity contribution in [1.82, 2.24) is 0 Å². The minimum Gasteiger partial charge on any atom is -0.298 e. The topological polar surface area (TPSA) is 40.9 Å². The molecule has 4 heteroatoms. The van der Waals surface area contributed by atoms with E-state index < -0.39 is 5.38 Å². The monoisotopic (exact) mass is 271 g/mol. The zero-order valence-corrected chi connectivity index (χ0v) is 9.76. The van der Waals surface area contributed by atoms with E-state index in [1.807, 2.05) is 6.07 Å². The minimum atomic E-state index is -0.697. The Morgan fingerprint density at radius 1 is 1.64 bits per heavy atom. The van der Waals surface area contributed by atoms with E-state index in [0.29, 0.717) is 11.1 Å². The molecular weight excluding hydrogens is 265 g/mol. The van der Waals surface area contributed by atoms with Gasteiger partial charge >= 0.3 is 0 Å². The van der Waals surface area contributed by atoms with Gasteiger partial charge in [0.2, 0.25) is 0 Å². The van der Waals surface area contributed by atoms with Gasteiger partial charge in [0.25, 0.3) is 0 Å². The Morgan fingerprint density at radius 2 is 2.29 bits per heavy atom. The summed E-state index contributed by atoms with van der Waals surface area (Å²) in [5.74, 6) is -0.137. The molecule has 1 aromatic carbocycles. The number of hydrogen-bond donors (Lipinski definition) is 0. The zero-order valence-electron chi connectivity index (χ0n) is 7.42. The van der Waals surface area contributed by atoms with E-state index >= 15 is 0 Å². The van der Waals surface area contributed by atoms with E-state index in [4.69, 9.17) is 16.9 Å². The first-order valence-corrected chi connectivity index (χ1v) is 5.13. The zero-order chi connectivity index (χ0) is 10.7. The lowest BCUT2D eigenvalue weighted by Gasteiger charge is -2.08. The van der Waals surface area contributed by atoms with Crippen LogP contribution in [0.3, 0.4) is 0 Å². The summed E-state index contributed by atoms with van der Waals surface area (Å²) >= 11 is 9.17. The summed E-state index contributed by atoms with van der Waals surface area (Å²) in [5.41, 5.74) is 1.13. The second-order valence-corrected chi connectivity index (χ2v) is 4.11. The fraction of sp³-hybridized carbons (Fsp3) is 0.200. The van der Waals surface area contributed by atoms with Crippen LogP contribution in [-0.4, -0.2) is 5.78 Å². The first-order valence-electron chi connectivity index (χ1n) is 3.90. The number of nitrogens with zero attached hydrogens (tertiary/aromatic N) is 1. The van der Waals surface area contributed by atoms with Crippen LogP contribution in [0, 0.1) is 11.3 Å². The average Bonchev–Trinajstić information content (AvgIpc) is 2.17. The number of halogens is 2. The van der Waals surface area contributed by atoms with Gasteiger partial charge in [0.05, 0.1) is 11.6 Å². The van der Waals surface area contributed by atoms with Gasteiger partial charge in [-0.15, -0.1) is 11.6 Å². The summed E-state index contributed by atoms with van der Waals surface area (Å²) in [5, 5.41) is 7.98. The van der Waals surface area contributed by atoms with Gasteiger partial charge in [-0.05, 0) is 30.7 Å². The fourth-order valence-electron chi connectivity index (χ4n) is 1.03. The van der Waals surface area contributed by atoms with Crippen molar-refractivity contribution in [2.75, 3.05) is 0 Å². The van der Waals surface area contributed by atoms with Crippen molar-refractivity contribution in [1.29, 1.82) is 5.26 Å². The molecule has 0 saturated carbocycles. The number of carbonyl (C=O) groups is 1. The fourth-order valence-corrected chi connectivity index (χ4v) is 1.81. The number of alkyl halides is 1. The summed E-state index contributed by atoms with van der Waals surface area (Å²) in [6, 6.07) is 6.99. The number of hydrogen-bond acceptors (Lipinski definition) is 2. The lowest BCUT2D eigenvalue weighted by molar-refractivity contribution is -0.116. The van der Waals surface area contributed by atoms with Crippen molar-refractivity contribution in [3.8, 4) is 6.07 Å². The molecule has 0 amide bonds. The number of Topliss-reactive ketones (excluding diaryl/α,β-unsaturated/α-hetero) is 1. The molecule has 0 N–H and O–H groups in total. The molecule has 0 aliphatic heterocycles. The van der Waals surface area contributed by atoms with E-state index in [-0.39, 0.29) is 5.78 Å². The highest BCUT2D eigenvalue weighted by molar-refractivity contribution is 9.10. The summed E-state index contributed by atoms with van der Waals surface area (Å²) in [7, 11) is 0. The maximum Gasteiger partial charge on any atom is 0.152 e. The van der Waals surface area contributed by atoms with Crippen LogP contribution < -0.4 is 0 Å². The van der Waals surface area contributed by atoms with Gasteiger partial charge in [-0.1, -0.05) is 15.9 Å². The highest BCUT2D eigenvalue weighted by atomic mass is 79.9. The van der Waals surface area contributed by atoms with Crippen LogP contribution in [0.5, 0.6) is 0 Å².